The minimum Gasteiger partial charge on any atom is -0.481 e. The summed E-state index contributed by atoms with van der Waals surface area (Å²) in [6.45, 7) is 10.8. The fourth-order valence-electron chi connectivity index (χ4n) is 4.09. The van der Waals surface area contributed by atoms with E-state index >= 15 is 0 Å². The normalized spacial score (nSPS) is 14.3. The molecule has 2 aromatic rings. The molecule has 3 rings (SSSR count). The lowest BCUT2D eigenvalue weighted by molar-refractivity contribution is -0.143. The second-order valence-electron chi connectivity index (χ2n) is 9.33. The highest BCUT2D eigenvalue weighted by molar-refractivity contribution is 5.72. The van der Waals surface area contributed by atoms with E-state index in [2.05, 4.69) is 23.2 Å². The standard InChI is InChI=1S/C26H34N2O5/c1-7-32-24(29)14-21(22-15-27-23(31-6)12-17(22)2)19-9-8-18-10-11-28(16-20(18)13-19)25(30)33-26(3,4)5/h8-9,12-13,15,21H,7,10-11,14,16H2,1-6H3. The Balaban J connectivity index is 1.93. The van der Waals surface area contributed by atoms with Crippen LogP contribution in [-0.4, -0.2) is 47.8 Å². The maximum absolute atomic E-state index is 12.6. The number of carbonyl (C=O) groups excluding carboxylic acids is 2. The Morgan fingerprint density at radius 1 is 1.18 bits per heavy atom. The molecule has 0 N–H and O–H groups in total. The van der Waals surface area contributed by atoms with Crippen molar-refractivity contribution < 1.29 is 23.8 Å². The molecule has 7 heteroatoms. The first-order valence-electron chi connectivity index (χ1n) is 11.4. The Labute approximate surface area is 196 Å². The van der Waals surface area contributed by atoms with Crippen LogP contribution in [0, 0.1) is 6.92 Å². The largest absolute Gasteiger partial charge is 0.481 e. The fourth-order valence-corrected chi connectivity index (χ4v) is 4.09. The summed E-state index contributed by atoms with van der Waals surface area (Å²) in [5, 5.41) is 0. The molecule has 1 aromatic heterocycles. The topological polar surface area (TPSA) is 78.0 Å². The lowest BCUT2D eigenvalue weighted by Gasteiger charge is -2.32. The summed E-state index contributed by atoms with van der Waals surface area (Å²) in [7, 11) is 1.58. The second-order valence-corrected chi connectivity index (χ2v) is 9.33. The summed E-state index contributed by atoms with van der Waals surface area (Å²) in [5.74, 6) is 0.0556. The SMILES string of the molecule is CCOC(=O)CC(c1ccc2c(c1)CN(C(=O)OC(C)(C)C)CC2)c1cnc(OC)cc1C. The maximum atomic E-state index is 12.6. The molecule has 1 aromatic carbocycles. The predicted octanol–water partition coefficient (Wildman–Crippen LogP) is 4.78. The summed E-state index contributed by atoms with van der Waals surface area (Å²) in [6, 6.07) is 8.13. The van der Waals surface area contributed by atoms with E-state index in [0.29, 0.717) is 25.6 Å². The van der Waals surface area contributed by atoms with Gasteiger partial charge in [0, 0.05) is 31.3 Å². The van der Waals surface area contributed by atoms with Crippen LogP contribution in [0.15, 0.2) is 30.5 Å². The fraction of sp³-hybridized carbons (Fsp3) is 0.500. The van der Waals surface area contributed by atoms with E-state index in [0.717, 1.165) is 28.7 Å². The number of hydrogen-bond donors (Lipinski definition) is 0. The third kappa shape index (κ3) is 6.24. The van der Waals surface area contributed by atoms with Crippen molar-refractivity contribution >= 4 is 12.1 Å². The Hall–Kier alpha value is -3.09. The maximum Gasteiger partial charge on any atom is 0.410 e. The van der Waals surface area contributed by atoms with Crippen molar-refractivity contribution in [3.63, 3.8) is 0 Å². The Morgan fingerprint density at radius 2 is 1.94 bits per heavy atom. The molecule has 0 saturated heterocycles. The number of fused-ring (bicyclic) bond motifs is 1. The van der Waals surface area contributed by atoms with Crippen LogP contribution in [0.1, 0.15) is 67.9 Å². The van der Waals surface area contributed by atoms with Crippen LogP contribution in [-0.2, 0) is 27.2 Å². The Kier molecular flexibility index (Phi) is 7.61. The summed E-state index contributed by atoms with van der Waals surface area (Å²) < 4.78 is 16.1. The Morgan fingerprint density at radius 3 is 2.58 bits per heavy atom. The van der Waals surface area contributed by atoms with E-state index in [1.807, 2.05) is 33.8 Å². The number of amides is 1. The van der Waals surface area contributed by atoms with Gasteiger partial charge in [-0.1, -0.05) is 18.2 Å². The van der Waals surface area contributed by atoms with Crippen LogP contribution in [0.3, 0.4) is 0 Å². The molecule has 0 fully saturated rings. The van der Waals surface area contributed by atoms with Crippen molar-refractivity contribution in [2.75, 3.05) is 20.3 Å². The molecule has 1 aliphatic rings. The molecule has 0 radical (unpaired) electrons. The summed E-state index contributed by atoms with van der Waals surface area (Å²) in [4.78, 5) is 31.2. The lowest BCUT2D eigenvalue weighted by Crippen LogP contribution is -2.39. The zero-order chi connectivity index (χ0) is 24.2. The molecule has 178 valence electrons. The molecule has 33 heavy (non-hydrogen) atoms. The average Bonchev–Trinajstić information content (AvgIpc) is 2.76. The average molecular weight is 455 g/mol. The third-order valence-corrected chi connectivity index (χ3v) is 5.68. The van der Waals surface area contributed by atoms with Crippen molar-refractivity contribution in [1.82, 2.24) is 9.88 Å². The van der Waals surface area contributed by atoms with Crippen LogP contribution >= 0.6 is 0 Å². The monoisotopic (exact) mass is 454 g/mol. The van der Waals surface area contributed by atoms with E-state index in [4.69, 9.17) is 14.2 Å². The van der Waals surface area contributed by atoms with Crippen molar-refractivity contribution in [3.05, 3.63) is 58.3 Å². The van der Waals surface area contributed by atoms with Crippen molar-refractivity contribution in [2.45, 2.75) is 65.5 Å². The molecule has 2 heterocycles. The Bertz CT molecular complexity index is 1010. The predicted molar refractivity (Wildman–Crippen MR) is 125 cm³/mol. The van der Waals surface area contributed by atoms with Gasteiger partial charge in [0.25, 0.3) is 0 Å². The molecule has 7 nitrogen and oxygen atoms in total. The molecule has 1 unspecified atom stereocenters. The van der Waals surface area contributed by atoms with Gasteiger partial charge in [-0.3, -0.25) is 4.79 Å². The van der Waals surface area contributed by atoms with Crippen LogP contribution < -0.4 is 4.74 Å². The highest BCUT2D eigenvalue weighted by atomic mass is 16.6. The lowest BCUT2D eigenvalue weighted by atomic mass is 9.84. The zero-order valence-electron chi connectivity index (χ0n) is 20.4. The molecule has 1 amide bonds. The van der Waals surface area contributed by atoms with Gasteiger partial charge in [0.05, 0.1) is 20.1 Å². The first kappa shape index (κ1) is 24.6. The molecule has 0 aliphatic carbocycles. The van der Waals surface area contributed by atoms with Gasteiger partial charge < -0.3 is 19.1 Å². The molecular formula is C26H34N2O5. The quantitative estimate of drug-likeness (QED) is 0.585. The number of pyridine rings is 1. The van der Waals surface area contributed by atoms with Gasteiger partial charge in [-0.2, -0.15) is 0 Å². The van der Waals surface area contributed by atoms with Crippen molar-refractivity contribution in [2.24, 2.45) is 0 Å². The van der Waals surface area contributed by atoms with Gasteiger partial charge in [0.15, 0.2) is 0 Å². The number of aryl methyl sites for hydroxylation is 1. The van der Waals surface area contributed by atoms with Gasteiger partial charge in [-0.05, 0) is 68.9 Å². The van der Waals surface area contributed by atoms with Crippen LogP contribution in [0.25, 0.3) is 0 Å². The van der Waals surface area contributed by atoms with Crippen LogP contribution in [0.4, 0.5) is 4.79 Å². The first-order valence-corrected chi connectivity index (χ1v) is 11.4. The number of ether oxygens (including phenoxy) is 3. The number of rotatable bonds is 6. The number of hydrogen-bond acceptors (Lipinski definition) is 6. The second kappa shape index (κ2) is 10.2. The summed E-state index contributed by atoms with van der Waals surface area (Å²) in [6.07, 6.45) is 2.43. The molecule has 0 saturated carbocycles. The van der Waals surface area contributed by atoms with E-state index in [-0.39, 0.29) is 24.4 Å². The number of nitrogens with zero attached hydrogens (tertiary/aromatic N) is 2. The number of esters is 1. The molecule has 0 spiro atoms. The number of benzene rings is 1. The number of aromatic nitrogens is 1. The highest BCUT2D eigenvalue weighted by Gasteiger charge is 2.28. The first-order chi connectivity index (χ1) is 15.6. The van der Waals surface area contributed by atoms with Crippen LogP contribution in [0.2, 0.25) is 0 Å². The van der Waals surface area contributed by atoms with Gasteiger partial charge in [0.2, 0.25) is 5.88 Å². The highest BCUT2D eigenvalue weighted by Crippen LogP contribution is 2.34. The van der Waals surface area contributed by atoms with Gasteiger partial charge in [-0.25, -0.2) is 9.78 Å². The van der Waals surface area contributed by atoms with Gasteiger partial charge >= 0.3 is 12.1 Å². The van der Waals surface area contributed by atoms with Crippen molar-refractivity contribution in [1.29, 1.82) is 0 Å². The van der Waals surface area contributed by atoms with Gasteiger partial charge in [0.1, 0.15) is 5.60 Å². The zero-order valence-corrected chi connectivity index (χ0v) is 20.4. The summed E-state index contributed by atoms with van der Waals surface area (Å²) in [5.41, 5.74) is 4.66. The molecule has 0 bridgehead atoms. The smallest absolute Gasteiger partial charge is 0.410 e. The molecule has 1 atom stereocenters. The van der Waals surface area contributed by atoms with Crippen molar-refractivity contribution in [3.8, 4) is 5.88 Å². The minimum absolute atomic E-state index is 0.206. The van der Waals surface area contributed by atoms with E-state index in [1.165, 1.54) is 5.56 Å². The number of carbonyl (C=O) groups is 2. The number of methoxy groups -OCH3 is 1. The third-order valence-electron chi connectivity index (χ3n) is 5.68. The minimum atomic E-state index is -0.539. The molecule has 1 aliphatic heterocycles. The van der Waals surface area contributed by atoms with Gasteiger partial charge in [-0.15, -0.1) is 0 Å². The summed E-state index contributed by atoms with van der Waals surface area (Å²) >= 11 is 0. The molecular weight excluding hydrogens is 420 g/mol. The van der Waals surface area contributed by atoms with Crippen LogP contribution in [0.5, 0.6) is 5.88 Å². The van der Waals surface area contributed by atoms with E-state index in [9.17, 15) is 9.59 Å². The van der Waals surface area contributed by atoms with E-state index in [1.54, 1.807) is 25.1 Å². The van der Waals surface area contributed by atoms with E-state index < -0.39 is 5.60 Å².